The maximum absolute atomic E-state index is 5.59. The van der Waals surface area contributed by atoms with E-state index in [4.69, 9.17) is 5.73 Å². The molecule has 6 heteroatoms. The van der Waals surface area contributed by atoms with Gasteiger partial charge in [-0.1, -0.05) is 12.8 Å². The van der Waals surface area contributed by atoms with Crippen molar-refractivity contribution >= 4 is 16.5 Å². The van der Waals surface area contributed by atoms with Crippen LogP contribution in [0.1, 0.15) is 37.4 Å². The number of nitrogens with two attached hydrogens (primary N) is 1. The third-order valence-corrected chi connectivity index (χ3v) is 3.67. The van der Waals surface area contributed by atoms with Crippen LogP contribution < -0.4 is 5.73 Å². The largest absolute Gasteiger partial charge is 0.375 e. The first-order valence-electron chi connectivity index (χ1n) is 5.46. The Bertz CT molecular complexity index is 483. The van der Waals surface area contributed by atoms with E-state index in [1.165, 1.54) is 37.0 Å². The van der Waals surface area contributed by atoms with Crippen molar-refractivity contribution in [3.63, 3.8) is 0 Å². The van der Waals surface area contributed by atoms with Crippen LogP contribution in [-0.4, -0.2) is 20.2 Å². The molecule has 2 aromatic heterocycles. The van der Waals surface area contributed by atoms with Gasteiger partial charge in [-0.05, 0) is 12.8 Å². The molecular weight excluding hydrogens is 222 g/mol. The van der Waals surface area contributed by atoms with Crippen LogP contribution in [0.25, 0.3) is 11.5 Å². The Kier molecular flexibility index (Phi) is 2.36. The zero-order valence-electron chi connectivity index (χ0n) is 8.81. The molecule has 84 valence electrons. The van der Waals surface area contributed by atoms with Crippen molar-refractivity contribution in [2.24, 2.45) is 0 Å². The number of H-pyrrole nitrogens is 1. The summed E-state index contributed by atoms with van der Waals surface area (Å²) in [7, 11) is 0. The molecule has 2 aromatic rings. The summed E-state index contributed by atoms with van der Waals surface area (Å²) in [5, 5.41) is 9.66. The van der Waals surface area contributed by atoms with Crippen LogP contribution in [0, 0.1) is 0 Å². The second-order valence-corrected chi connectivity index (χ2v) is 4.99. The Balaban J connectivity index is 1.87. The van der Waals surface area contributed by atoms with Crippen molar-refractivity contribution in [1.82, 2.24) is 20.2 Å². The Morgan fingerprint density at radius 2 is 2.12 bits per heavy atom. The summed E-state index contributed by atoms with van der Waals surface area (Å²) in [5.41, 5.74) is 6.35. The van der Waals surface area contributed by atoms with Crippen molar-refractivity contribution in [2.75, 3.05) is 5.73 Å². The average Bonchev–Trinajstić information content (AvgIpc) is 2.97. The first-order chi connectivity index (χ1) is 7.83. The minimum absolute atomic E-state index is 0.553. The Morgan fingerprint density at radius 1 is 1.31 bits per heavy atom. The first-order valence-corrected chi connectivity index (χ1v) is 6.34. The molecule has 1 saturated carbocycles. The topological polar surface area (TPSA) is 80.5 Å². The van der Waals surface area contributed by atoms with Crippen molar-refractivity contribution in [3.8, 4) is 11.5 Å². The molecule has 16 heavy (non-hydrogen) atoms. The molecule has 5 nitrogen and oxygen atoms in total. The van der Waals surface area contributed by atoms with E-state index in [2.05, 4.69) is 20.2 Å². The lowest BCUT2D eigenvalue weighted by Crippen LogP contribution is -1.94. The Hall–Kier alpha value is -1.43. The molecule has 2 heterocycles. The highest BCUT2D eigenvalue weighted by molar-refractivity contribution is 7.13. The van der Waals surface area contributed by atoms with E-state index in [9.17, 15) is 0 Å². The first kappa shape index (κ1) is 9.77. The number of nitrogens with one attached hydrogen (secondary N) is 1. The standard InChI is InChI=1S/C10H13N5S/c11-10-12-7(5-16-10)9-13-8(14-15-9)6-3-1-2-4-6/h5-6H,1-4H2,(H2,11,12)(H,13,14,15). The molecule has 0 aliphatic heterocycles. The van der Waals surface area contributed by atoms with Crippen molar-refractivity contribution in [1.29, 1.82) is 0 Å². The second-order valence-electron chi connectivity index (χ2n) is 4.10. The highest BCUT2D eigenvalue weighted by Gasteiger charge is 2.21. The van der Waals surface area contributed by atoms with Crippen LogP contribution in [0.3, 0.4) is 0 Å². The molecule has 0 radical (unpaired) electrons. The third-order valence-electron chi connectivity index (χ3n) is 3.00. The molecule has 0 amide bonds. The van der Waals surface area contributed by atoms with Gasteiger partial charge in [0.05, 0.1) is 0 Å². The number of nitrogens with zero attached hydrogens (tertiary/aromatic N) is 3. The minimum atomic E-state index is 0.553. The van der Waals surface area contributed by atoms with E-state index in [-0.39, 0.29) is 0 Å². The highest BCUT2D eigenvalue weighted by Crippen LogP contribution is 2.32. The molecular formula is C10H13N5S. The lowest BCUT2D eigenvalue weighted by molar-refractivity contribution is 0.672. The minimum Gasteiger partial charge on any atom is -0.375 e. The molecule has 0 saturated heterocycles. The van der Waals surface area contributed by atoms with E-state index >= 15 is 0 Å². The molecule has 0 bridgehead atoms. The van der Waals surface area contributed by atoms with Crippen LogP contribution in [0.4, 0.5) is 5.13 Å². The molecule has 0 spiro atoms. The summed E-state index contributed by atoms with van der Waals surface area (Å²) in [6.45, 7) is 0. The molecule has 1 fully saturated rings. The van der Waals surface area contributed by atoms with Crippen LogP contribution in [0.2, 0.25) is 0 Å². The van der Waals surface area contributed by atoms with Gasteiger partial charge in [0.25, 0.3) is 0 Å². The fourth-order valence-corrected chi connectivity index (χ4v) is 2.70. The lowest BCUT2D eigenvalue weighted by atomic mass is 10.1. The summed E-state index contributed by atoms with van der Waals surface area (Å²) < 4.78 is 0. The third kappa shape index (κ3) is 1.69. The van der Waals surface area contributed by atoms with E-state index in [1.807, 2.05) is 5.38 Å². The van der Waals surface area contributed by atoms with Gasteiger partial charge in [0.1, 0.15) is 11.5 Å². The zero-order valence-corrected chi connectivity index (χ0v) is 9.63. The fourth-order valence-electron chi connectivity index (χ4n) is 2.16. The normalized spacial score (nSPS) is 17.0. The lowest BCUT2D eigenvalue weighted by Gasteiger charge is -2.01. The van der Waals surface area contributed by atoms with Crippen molar-refractivity contribution in [3.05, 3.63) is 11.2 Å². The van der Waals surface area contributed by atoms with Crippen LogP contribution in [0.5, 0.6) is 0 Å². The molecule has 1 aliphatic rings. The molecule has 0 aromatic carbocycles. The van der Waals surface area contributed by atoms with Gasteiger partial charge in [-0.2, -0.15) is 5.10 Å². The van der Waals surface area contributed by atoms with Gasteiger partial charge in [-0.3, -0.25) is 5.10 Å². The fraction of sp³-hybridized carbons (Fsp3) is 0.500. The molecule has 3 rings (SSSR count). The number of aromatic amines is 1. The summed E-state index contributed by atoms with van der Waals surface area (Å²) in [6, 6.07) is 0. The van der Waals surface area contributed by atoms with E-state index in [1.54, 1.807) is 0 Å². The maximum atomic E-state index is 5.59. The quantitative estimate of drug-likeness (QED) is 0.836. The Morgan fingerprint density at radius 3 is 2.81 bits per heavy atom. The average molecular weight is 235 g/mol. The molecule has 1 aliphatic carbocycles. The van der Waals surface area contributed by atoms with Crippen LogP contribution >= 0.6 is 11.3 Å². The molecule has 0 unspecified atom stereocenters. The van der Waals surface area contributed by atoms with Crippen LogP contribution in [-0.2, 0) is 0 Å². The van der Waals surface area contributed by atoms with Gasteiger partial charge < -0.3 is 5.73 Å². The van der Waals surface area contributed by atoms with Crippen LogP contribution in [0.15, 0.2) is 5.38 Å². The zero-order chi connectivity index (χ0) is 11.0. The van der Waals surface area contributed by atoms with Crippen molar-refractivity contribution < 1.29 is 0 Å². The number of nitrogen functional groups attached to an aromatic ring is 1. The summed E-state index contributed by atoms with van der Waals surface area (Å²) in [5.74, 6) is 2.21. The van der Waals surface area contributed by atoms with Gasteiger partial charge in [-0.25, -0.2) is 9.97 Å². The van der Waals surface area contributed by atoms with E-state index in [0.717, 1.165) is 11.5 Å². The van der Waals surface area contributed by atoms with Gasteiger partial charge in [-0.15, -0.1) is 11.3 Å². The number of hydrogen-bond acceptors (Lipinski definition) is 5. The van der Waals surface area contributed by atoms with E-state index in [0.29, 0.717) is 16.9 Å². The summed E-state index contributed by atoms with van der Waals surface area (Å²) in [4.78, 5) is 8.67. The second kappa shape index (κ2) is 3.86. The van der Waals surface area contributed by atoms with Gasteiger partial charge in [0.2, 0.25) is 5.82 Å². The van der Waals surface area contributed by atoms with Gasteiger partial charge in [0.15, 0.2) is 5.13 Å². The number of hydrogen-bond donors (Lipinski definition) is 2. The smallest absolute Gasteiger partial charge is 0.200 e. The number of thiazole rings is 1. The number of aromatic nitrogens is 4. The van der Waals surface area contributed by atoms with E-state index < -0.39 is 0 Å². The maximum Gasteiger partial charge on any atom is 0.200 e. The monoisotopic (exact) mass is 235 g/mol. The summed E-state index contributed by atoms with van der Waals surface area (Å²) in [6.07, 6.45) is 5.02. The number of anilines is 1. The van der Waals surface area contributed by atoms with Gasteiger partial charge in [0, 0.05) is 11.3 Å². The summed E-state index contributed by atoms with van der Waals surface area (Å²) >= 11 is 1.41. The highest BCUT2D eigenvalue weighted by atomic mass is 32.1. The van der Waals surface area contributed by atoms with Crippen molar-refractivity contribution in [2.45, 2.75) is 31.6 Å². The van der Waals surface area contributed by atoms with Gasteiger partial charge >= 0.3 is 0 Å². The Labute approximate surface area is 97.1 Å². The predicted molar refractivity (Wildman–Crippen MR) is 63.1 cm³/mol. The predicted octanol–water partition coefficient (Wildman–Crippen LogP) is 2.17. The SMILES string of the molecule is Nc1nc(-c2n[nH]c(C3CCCC3)n2)cs1. The molecule has 0 atom stereocenters. The molecule has 3 N–H and O–H groups in total. The number of rotatable bonds is 2.